The van der Waals surface area contributed by atoms with E-state index < -0.39 is 19.0 Å². The van der Waals surface area contributed by atoms with Crippen molar-refractivity contribution in [1.29, 1.82) is 0 Å². The van der Waals surface area contributed by atoms with E-state index in [-0.39, 0.29) is 5.75 Å². The molecule has 0 unspecified atom stereocenters. The summed E-state index contributed by atoms with van der Waals surface area (Å²) in [6.45, 7) is -1.36. The van der Waals surface area contributed by atoms with E-state index in [9.17, 15) is 17.6 Å². The SMILES string of the molecule is FC(F)C(F)(F)COc1ccc(/C=C\c2ncn[nH]2)cc1. The van der Waals surface area contributed by atoms with E-state index >= 15 is 0 Å². The van der Waals surface area contributed by atoms with Crippen LogP contribution in [0.2, 0.25) is 0 Å². The second-order valence-corrected chi connectivity index (χ2v) is 4.12. The molecule has 0 aliphatic carbocycles. The van der Waals surface area contributed by atoms with Crippen LogP contribution in [0.25, 0.3) is 12.2 Å². The van der Waals surface area contributed by atoms with Gasteiger partial charge >= 0.3 is 12.3 Å². The van der Waals surface area contributed by atoms with Crippen molar-refractivity contribution in [2.24, 2.45) is 0 Å². The number of rotatable bonds is 6. The quantitative estimate of drug-likeness (QED) is 0.833. The number of nitrogens with zero attached hydrogens (tertiary/aromatic N) is 2. The van der Waals surface area contributed by atoms with Crippen LogP contribution in [0.1, 0.15) is 11.4 Å². The van der Waals surface area contributed by atoms with Gasteiger partial charge in [-0.3, -0.25) is 5.10 Å². The van der Waals surface area contributed by atoms with Gasteiger partial charge < -0.3 is 4.74 Å². The Bertz CT molecular complexity index is 582. The molecule has 0 aliphatic rings. The lowest BCUT2D eigenvalue weighted by Gasteiger charge is -2.15. The van der Waals surface area contributed by atoms with E-state index in [2.05, 4.69) is 19.9 Å². The zero-order valence-corrected chi connectivity index (χ0v) is 10.6. The molecule has 0 saturated heterocycles. The minimum absolute atomic E-state index is 0.0899. The molecule has 2 rings (SSSR count). The zero-order valence-electron chi connectivity index (χ0n) is 10.6. The van der Waals surface area contributed by atoms with E-state index in [4.69, 9.17) is 0 Å². The number of aromatic nitrogens is 3. The largest absolute Gasteiger partial charge is 0.487 e. The number of H-pyrrole nitrogens is 1. The maximum absolute atomic E-state index is 12.7. The van der Waals surface area contributed by atoms with Gasteiger partial charge in [-0.2, -0.15) is 13.9 Å². The fraction of sp³-hybridized carbons (Fsp3) is 0.231. The fourth-order valence-corrected chi connectivity index (χ4v) is 1.39. The predicted octanol–water partition coefficient (Wildman–Crippen LogP) is 3.25. The molecule has 0 spiro atoms. The number of halogens is 4. The van der Waals surface area contributed by atoms with Gasteiger partial charge in [-0.1, -0.05) is 18.2 Å². The molecule has 0 atom stereocenters. The summed E-state index contributed by atoms with van der Waals surface area (Å²) in [5, 5.41) is 6.31. The monoisotopic (exact) mass is 301 g/mol. The van der Waals surface area contributed by atoms with Crippen molar-refractivity contribution in [2.45, 2.75) is 12.3 Å². The first kappa shape index (κ1) is 15.0. The van der Waals surface area contributed by atoms with Gasteiger partial charge in [-0.15, -0.1) is 0 Å². The molecule has 0 aliphatic heterocycles. The molecule has 1 heterocycles. The van der Waals surface area contributed by atoms with Crippen molar-refractivity contribution in [3.63, 3.8) is 0 Å². The summed E-state index contributed by atoms with van der Waals surface area (Å²) in [5.41, 5.74) is 0.763. The van der Waals surface area contributed by atoms with Crippen LogP contribution >= 0.6 is 0 Å². The maximum Gasteiger partial charge on any atom is 0.340 e. The highest BCUT2D eigenvalue weighted by molar-refractivity contribution is 5.66. The maximum atomic E-state index is 12.7. The average Bonchev–Trinajstić information content (AvgIpc) is 2.97. The second-order valence-electron chi connectivity index (χ2n) is 4.12. The number of hydrogen-bond donors (Lipinski definition) is 1. The molecule has 112 valence electrons. The van der Waals surface area contributed by atoms with Gasteiger partial charge in [0, 0.05) is 0 Å². The van der Waals surface area contributed by atoms with Crippen molar-refractivity contribution in [2.75, 3.05) is 6.61 Å². The van der Waals surface area contributed by atoms with Gasteiger partial charge in [-0.05, 0) is 23.8 Å². The van der Waals surface area contributed by atoms with Crippen LogP contribution in [0.4, 0.5) is 17.6 Å². The number of benzene rings is 1. The summed E-state index contributed by atoms with van der Waals surface area (Å²) in [4.78, 5) is 3.89. The topological polar surface area (TPSA) is 50.8 Å². The van der Waals surface area contributed by atoms with Crippen LogP contribution in [-0.4, -0.2) is 34.1 Å². The zero-order chi connectivity index (χ0) is 15.3. The third-order valence-corrected chi connectivity index (χ3v) is 2.50. The van der Waals surface area contributed by atoms with Crippen LogP contribution < -0.4 is 4.74 Å². The standard InChI is InChI=1S/C13H11F4N3O/c14-12(15)13(16,17)7-21-10-4-1-9(2-5-10)3-6-11-18-8-19-20-11/h1-6,8,12H,7H2,(H,18,19,20)/b6-3-. The minimum atomic E-state index is -4.16. The highest BCUT2D eigenvalue weighted by Crippen LogP contribution is 2.24. The third-order valence-electron chi connectivity index (χ3n) is 2.50. The number of aromatic amines is 1. The minimum Gasteiger partial charge on any atom is -0.487 e. The number of hydrogen-bond acceptors (Lipinski definition) is 3. The first-order chi connectivity index (χ1) is 9.97. The molecule has 0 saturated carbocycles. The Morgan fingerprint density at radius 1 is 1.19 bits per heavy atom. The summed E-state index contributed by atoms with van der Waals surface area (Å²) in [7, 11) is 0. The molecule has 21 heavy (non-hydrogen) atoms. The highest BCUT2D eigenvalue weighted by Gasteiger charge is 2.41. The van der Waals surface area contributed by atoms with Crippen LogP contribution in [-0.2, 0) is 0 Å². The Kier molecular flexibility index (Phi) is 4.56. The highest BCUT2D eigenvalue weighted by atomic mass is 19.3. The Labute approximate surface area is 117 Å². The van der Waals surface area contributed by atoms with E-state index in [0.29, 0.717) is 5.82 Å². The van der Waals surface area contributed by atoms with Crippen LogP contribution in [0.3, 0.4) is 0 Å². The van der Waals surface area contributed by atoms with E-state index in [1.54, 1.807) is 24.3 Å². The van der Waals surface area contributed by atoms with Crippen molar-refractivity contribution >= 4 is 12.2 Å². The predicted molar refractivity (Wildman–Crippen MR) is 68.2 cm³/mol. The lowest BCUT2D eigenvalue weighted by Crippen LogP contribution is -2.33. The van der Waals surface area contributed by atoms with Gasteiger partial charge in [-0.25, -0.2) is 13.8 Å². The molecule has 1 aromatic carbocycles. The van der Waals surface area contributed by atoms with Gasteiger partial charge in [0.15, 0.2) is 6.61 Å². The average molecular weight is 301 g/mol. The summed E-state index contributed by atoms with van der Waals surface area (Å²) in [6, 6.07) is 6.04. The molecule has 0 bridgehead atoms. The summed E-state index contributed by atoms with van der Waals surface area (Å²) in [6.07, 6.45) is 1.01. The lowest BCUT2D eigenvalue weighted by molar-refractivity contribution is -0.148. The Hall–Kier alpha value is -2.38. The van der Waals surface area contributed by atoms with Gasteiger partial charge in [0.2, 0.25) is 0 Å². The Morgan fingerprint density at radius 3 is 2.48 bits per heavy atom. The van der Waals surface area contributed by atoms with Crippen molar-refractivity contribution in [3.8, 4) is 5.75 Å². The molecular formula is C13H11F4N3O. The van der Waals surface area contributed by atoms with E-state index in [0.717, 1.165) is 5.56 Å². The van der Waals surface area contributed by atoms with Gasteiger partial charge in [0.05, 0.1) is 0 Å². The van der Waals surface area contributed by atoms with Gasteiger partial charge in [0.1, 0.15) is 17.9 Å². The Balaban J connectivity index is 1.93. The van der Waals surface area contributed by atoms with E-state index in [1.807, 2.05) is 0 Å². The molecule has 1 N–H and O–H groups in total. The number of nitrogens with one attached hydrogen (secondary N) is 1. The third kappa shape index (κ3) is 4.30. The molecule has 1 aromatic heterocycles. The van der Waals surface area contributed by atoms with Crippen molar-refractivity contribution in [3.05, 3.63) is 42.0 Å². The van der Waals surface area contributed by atoms with E-state index in [1.165, 1.54) is 18.5 Å². The number of ether oxygens (including phenoxy) is 1. The lowest BCUT2D eigenvalue weighted by atomic mass is 10.2. The summed E-state index contributed by atoms with van der Waals surface area (Å²) < 4.78 is 54.0. The smallest absolute Gasteiger partial charge is 0.340 e. The summed E-state index contributed by atoms with van der Waals surface area (Å²) >= 11 is 0. The molecule has 4 nitrogen and oxygen atoms in total. The molecule has 0 fully saturated rings. The van der Waals surface area contributed by atoms with Crippen molar-refractivity contribution in [1.82, 2.24) is 15.2 Å². The Morgan fingerprint density at radius 2 is 1.90 bits per heavy atom. The molecule has 2 aromatic rings. The van der Waals surface area contributed by atoms with Gasteiger partial charge in [0.25, 0.3) is 0 Å². The second kappa shape index (κ2) is 6.38. The molecular weight excluding hydrogens is 290 g/mol. The molecule has 0 amide bonds. The molecule has 0 radical (unpaired) electrons. The first-order valence-electron chi connectivity index (χ1n) is 5.90. The normalized spacial score (nSPS) is 12.2. The van der Waals surface area contributed by atoms with Crippen LogP contribution in [0.15, 0.2) is 30.6 Å². The first-order valence-corrected chi connectivity index (χ1v) is 5.90. The van der Waals surface area contributed by atoms with Crippen LogP contribution in [0.5, 0.6) is 5.75 Å². The van der Waals surface area contributed by atoms with Crippen molar-refractivity contribution < 1.29 is 22.3 Å². The number of alkyl halides is 4. The fourth-order valence-electron chi connectivity index (χ4n) is 1.39. The summed E-state index contributed by atoms with van der Waals surface area (Å²) in [5.74, 6) is -3.51. The van der Waals surface area contributed by atoms with Crippen LogP contribution in [0, 0.1) is 0 Å². The molecule has 8 heteroatoms.